The van der Waals surface area contributed by atoms with Crippen LogP contribution in [0.2, 0.25) is 0 Å². The average Bonchev–Trinajstić information content (AvgIpc) is 2.30. The highest BCUT2D eigenvalue weighted by molar-refractivity contribution is 5.78. The molecule has 1 rings (SSSR count). The lowest BCUT2D eigenvalue weighted by molar-refractivity contribution is -0.128. The van der Waals surface area contributed by atoms with E-state index in [0.717, 1.165) is 13.1 Å². The Morgan fingerprint density at radius 3 is 2.62 bits per heavy atom. The quantitative estimate of drug-likeness (QED) is 0.706. The van der Waals surface area contributed by atoms with Crippen LogP contribution in [-0.2, 0) is 4.79 Å². The van der Waals surface area contributed by atoms with E-state index < -0.39 is 0 Å². The second kappa shape index (κ2) is 3.66. The van der Waals surface area contributed by atoms with Crippen molar-refractivity contribution in [2.45, 2.75) is 27.2 Å². The minimum absolute atomic E-state index is 0.0553. The van der Waals surface area contributed by atoms with Crippen LogP contribution in [0.3, 0.4) is 0 Å². The molecule has 0 aromatic heterocycles. The van der Waals surface area contributed by atoms with E-state index in [9.17, 15) is 4.79 Å². The molecule has 76 valence electrons. The van der Waals surface area contributed by atoms with Gasteiger partial charge < -0.3 is 10.6 Å². The first-order valence-electron chi connectivity index (χ1n) is 4.92. The molecule has 0 aliphatic carbocycles. The fraction of sp³-hybridized carbons (Fsp3) is 0.900. The van der Waals surface area contributed by atoms with Gasteiger partial charge in [0.25, 0.3) is 0 Å². The van der Waals surface area contributed by atoms with E-state index in [0.29, 0.717) is 18.9 Å². The lowest BCUT2D eigenvalue weighted by Crippen LogP contribution is -2.39. The Balaban J connectivity index is 2.50. The van der Waals surface area contributed by atoms with Crippen molar-refractivity contribution < 1.29 is 4.79 Å². The first-order valence-corrected chi connectivity index (χ1v) is 4.92. The van der Waals surface area contributed by atoms with Crippen LogP contribution in [0.5, 0.6) is 0 Å². The van der Waals surface area contributed by atoms with Crippen LogP contribution >= 0.6 is 0 Å². The van der Waals surface area contributed by atoms with Gasteiger partial charge in [-0.2, -0.15) is 0 Å². The maximum absolute atomic E-state index is 11.5. The highest BCUT2D eigenvalue weighted by Crippen LogP contribution is 2.22. The Bertz CT molecular complexity index is 201. The summed E-state index contributed by atoms with van der Waals surface area (Å²) in [6.45, 7) is 8.65. The molecule has 0 saturated carbocycles. The van der Waals surface area contributed by atoms with Gasteiger partial charge in [0.1, 0.15) is 0 Å². The topological polar surface area (TPSA) is 46.3 Å². The molecular weight excluding hydrogens is 164 g/mol. The molecular formula is C10H20N2O. The van der Waals surface area contributed by atoms with Crippen LogP contribution in [0.1, 0.15) is 27.2 Å². The van der Waals surface area contributed by atoms with Crippen molar-refractivity contribution in [2.75, 3.05) is 19.6 Å². The maximum atomic E-state index is 11.5. The fourth-order valence-corrected chi connectivity index (χ4v) is 1.70. The summed E-state index contributed by atoms with van der Waals surface area (Å²) in [4.78, 5) is 13.4. The zero-order valence-corrected chi connectivity index (χ0v) is 8.84. The number of hydrogen-bond acceptors (Lipinski definition) is 2. The molecule has 0 spiro atoms. The molecule has 2 N–H and O–H groups in total. The predicted octanol–water partition coefficient (Wildman–Crippen LogP) is 0.840. The summed E-state index contributed by atoms with van der Waals surface area (Å²) in [6, 6.07) is 0. The average molecular weight is 184 g/mol. The Hall–Kier alpha value is -0.570. The first kappa shape index (κ1) is 10.5. The van der Waals surface area contributed by atoms with Crippen molar-refractivity contribution in [3.05, 3.63) is 0 Å². The van der Waals surface area contributed by atoms with E-state index >= 15 is 0 Å². The maximum Gasteiger partial charge on any atom is 0.222 e. The van der Waals surface area contributed by atoms with E-state index in [1.54, 1.807) is 0 Å². The molecule has 3 heteroatoms. The number of nitrogens with zero attached hydrogens (tertiary/aromatic N) is 1. The Kier molecular flexibility index (Phi) is 2.96. The third kappa shape index (κ3) is 2.69. The minimum atomic E-state index is 0.0553. The highest BCUT2D eigenvalue weighted by Gasteiger charge is 2.30. The number of amides is 1. The number of rotatable bonds is 3. The van der Waals surface area contributed by atoms with Gasteiger partial charge in [-0.05, 0) is 17.9 Å². The first-order chi connectivity index (χ1) is 5.94. The third-order valence-electron chi connectivity index (χ3n) is 2.58. The SMILES string of the molecule is CC1CC(=O)N(CC(C)(C)CN)C1. The lowest BCUT2D eigenvalue weighted by Gasteiger charge is -2.28. The van der Waals surface area contributed by atoms with Crippen LogP contribution in [0.15, 0.2) is 0 Å². The van der Waals surface area contributed by atoms with Crippen molar-refractivity contribution in [1.29, 1.82) is 0 Å². The summed E-state index contributed by atoms with van der Waals surface area (Å²) in [5.74, 6) is 0.801. The van der Waals surface area contributed by atoms with Gasteiger partial charge in [-0.15, -0.1) is 0 Å². The molecule has 0 aromatic rings. The number of carbonyl (C=O) groups excluding carboxylic acids is 1. The van der Waals surface area contributed by atoms with Crippen LogP contribution in [0, 0.1) is 11.3 Å². The van der Waals surface area contributed by atoms with Gasteiger partial charge in [0.15, 0.2) is 0 Å². The molecule has 1 fully saturated rings. The summed E-state index contributed by atoms with van der Waals surface area (Å²) >= 11 is 0. The molecule has 0 radical (unpaired) electrons. The Morgan fingerprint density at radius 1 is 1.62 bits per heavy atom. The smallest absolute Gasteiger partial charge is 0.222 e. The molecule has 13 heavy (non-hydrogen) atoms. The molecule has 1 amide bonds. The molecule has 1 saturated heterocycles. The summed E-state index contributed by atoms with van der Waals surface area (Å²) in [5, 5.41) is 0. The number of hydrogen-bond donors (Lipinski definition) is 1. The van der Waals surface area contributed by atoms with Crippen LogP contribution in [-0.4, -0.2) is 30.4 Å². The van der Waals surface area contributed by atoms with E-state index in [1.807, 2.05) is 4.90 Å². The molecule has 1 aliphatic rings. The summed E-state index contributed by atoms with van der Waals surface area (Å²) in [7, 11) is 0. The van der Waals surface area contributed by atoms with E-state index in [1.165, 1.54) is 0 Å². The minimum Gasteiger partial charge on any atom is -0.342 e. The molecule has 0 bridgehead atoms. The highest BCUT2D eigenvalue weighted by atomic mass is 16.2. The zero-order chi connectivity index (χ0) is 10.1. The van der Waals surface area contributed by atoms with Gasteiger partial charge in [0, 0.05) is 19.5 Å². The summed E-state index contributed by atoms with van der Waals surface area (Å²) in [5.41, 5.74) is 5.68. The van der Waals surface area contributed by atoms with Crippen molar-refractivity contribution >= 4 is 5.91 Å². The van der Waals surface area contributed by atoms with Gasteiger partial charge in [-0.1, -0.05) is 20.8 Å². The Labute approximate surface area is 80.3 Å². The Morgan fingerprint density at radius 2 is 2.23 bits per heavy atom. The standard InChI is InChI=1S/C10H20N2O/c1-8-4-9(13)12(5-8)7-10(2,3)6-11/h8H,4-7,11H2,1-3H3. The third-order valence-corrected chi connectivity index (χ3v) is 2.58. The van der Waals surface area contributed by atoms with Gasteiger partial charge in [0.05, 0.1) is 0 Å². The van der Waals surface area contributed by atoms with E-state index in [4.69, 9.17) is 5.73 Å². The van der Waals surface area contributed by atoms with Gasteiger partial charge in [0.2, 0.25) is 5.91 Å². The van der Waals surface area contributed by atoms with Crippen molar-refractivity contribution in [2.24, 2.45) is 17.1 Å². The van der Waals surface area contributed by atoms with Crippen molar-refractivity contribution in [3.63, 3.8) is 0 Å². The van der Waals surface area contributed by atoms with Crippen molar-refractivity contribution in [3.8, 4) is 0 Å². The normalized spacial score (nSPS) is 24.2. The summed E-state index contributed by atoms with van der Waals surface area (Å²) < 4.78 is 0. The summed E-state index contributed by atoms with van der Waals surface area (Å²) in [6.07, 6.45) is 0.709. The molecule has 1 heterocycles. The number of carbonyl (C=O) groups is 1. The van der Waals surface area contributed by atoms with Crippen LogP contribution in [0.4, 0.5) is 0 Å². The lowest BCUT2D eigenvalue weighted by atomic mass is 9.93. The second-order valence-corrected chi connectivity index (χ2v) is 4.95. The predicted molar refractivity (Wildman–Crippen MR) is 53.2 cm³/mol. The zero-order valence-electron chi connectivity index (χ0n) is 8.84. The molecule has 1 unspecified atom stereocenters. The number of likely N-dealkylation sites (tertiary alicyclic amines) is 1. The van der Waals surface area contributed by atoms with Gasteiger partial charge >= 0.3 is 0 Å². The largest absolute Gasteiger partial charge is 0.342 e. The van der Waals surface area contributed by atoms with Crippen LogP contribution in [0.25, 0.3) is 0 Å². The molecule has 3 nitrogen and oxygen atoms in total. The van der Waals surface area contributed by atoms with E-state index in [-0.39, 0.29) is 11.3 Å². The van der Waals surface area contributed by atoms with Crippen LogP contribution < -0.4 is 5.73 Å². The van der Waals surface area contributed by atoms with E-state index in [2.05, 4.69) is 20.8 Å². The molecule has 0 aromatic carbocycles. The van der Waals surface area contributed by atoms with Gasteiger partial charge in [-0.3, -0.25) is 4.79 Å². The molecule has 1 atom stereocenters. The second-order valence-electron chi connectivity index (χ2n) is 4.95. The molecule has 1 aliphatic heterocycles. The van der Waals surface area contributed by atoms with Crippen molar-refractivity contribution in [1.82, 2.24) is 4.90 Å². The van der Waals surface area contributed by atoms with Gasteiger partial charge in [-0.25, -0.2) is 0 Å². The number of nitrogens with two attached hydrogens (primary N) is 1. The monoisotopic (exact) mass is 184 g/mol. The fourth-order valence-electron chi connectivity index (χ4n) is 1.70.